The summed E-state index contributed by atoms with van der Waals surface area (Å²) in [4.78, 5) is 73.6. The molecule has 41 heavy (non-hydrogen) atoms. The Bertz CT molecular complexity index is 1230. The van der Waals surface area contributed by atoms with Gasteiger partial charge in [-0.15, -0.1) is 0 Å². The van der Waals surface area contributed by atoms with Crippen LogP contribution in [0.4, 0.5) is 10.6 Å². The normalized spacial score (nSPS) is 13.6. The van der Waals surface area contributed by atoms with Crippen LogP contribution in [0.15, 0.2) is 36.4 Å². The molecule has 1 aliphatic rings. The number of carboxylic acids is 1. The van der Waals surface area contributed by atoms with Gasteiger partial charge in [-0.05, 0) is 20.3 Å². The molecule has 1 atom stereocenters. The summed E-state index contributed by atoms with van der Waals surface area (Å²) in [5, 5.41) is 14.7. The van der Waals surface area contributed by atoms with Crippen LogP contribution in [0.5, 0.6) is 0 Å². The van der Waals surface area contributed by atoms with E-state index < -0.39 is 35.9 Å². The van der Waals surface area contributed by atoms with Crippen molar-refractivity contribution < 1.29 is 38.6 Å². The molecule has 2 aromatic rings. The number of carbonyl (C=O) groups excluding carboxylic acids is 4. The minimum atomic E-state index is -1.15. The Morgan fingerprint density at radius 3 is 2.24 bits per heavy atom. The van der Waals surface area contributed by atoms with E-state index in [2.05, 4.69) is 20.6 Å². The lowest BCUT2D eigenvalue weighted by Gasteiger charge is -2.35. The highest BCUT2D eigenvalue weighted by atomic mass is 16.6. The third-order valence-electron chi connectivity index (χ3n) is 6.08. The van der Waals surface area contributed by atoms with Gasteiger partial charge in [0.2, 0.25) is 5.91 Å². The zero-order chi connectivity index (χ0) is 29.8. The van der Waals surface area contributed by atoms with E-state index in [9.17, 15) is 29.1 Å². The zero-order valence-corrected chi connectivity index (χ0v) is 23.0. The van der Waals surface area contributed by atoms with Gasteiger partial charge in [0.15, 0.2) is 5.82 Å². The predicted molar refractivity (Wildman–Crippen MR) is 146 cm³/mol. The summed E-state index contributed by atoms with van der Waals surface area (Å²) in [6, 6.07) is 9.05. The van der Waals surface area contributed by atoms with Crippen LogP contribution in [0.1, 0.15) is 37.2 Å². The molecule has 1 aliphatic heterocycles. The van der Waals surface area contributed by atoms with Gasteiger partial charge in [-0.3, -0.25) is 19.2 Å². The predicted octanol–water partition coefficient (Wildman–Crippen LogP) is 1.38. The fourth-order valence-corrected chi connectivity index (χ4v) is 4.05. The third kappa shape index (κ3) is 9.15. The van der Waals surface area contributed by atoms with Crippen LogP contribution < -0.4 is 10.6 Å². The number of carbonyl (C=O) groups is 5. The standard InChI is InChI=1S/C27H34N6O8/c1-3-40-23(36)17-28-21-16-20(29-24(31-21)18-8-6-5-7-9-18)25(37)30-19(10-11-22(34)35)26(38)32-12-14-33(15-13-32)27(39)41-4-2/h5-9,16,19H,3-4,10-15,17H2,1-2H3,(H,30,37)(H,34,35)(H,28,29,31)/t19-/m0/s1. The van der Waals surface area contributed by atoms with Crippen molar-refractivity contribution in [2.45, 2.75) is 32.7 Å². The number of hydrogen-bond acceptors (Lipinski definition) is 10. The first-order chi connectivity index (χ1) is 19.7. The average molecular weight is 571 g/mol. The van der Waals surface area contributed by atoms with Crippen molar-refractivity contribution in [3.05, 3.63) is 42.1 Å². The lowest BCUT2D eigenvalue weighted by Crippen LogP contribution is -2.56. The molecule has 3 amide bonds. The molecule has 0 aliphatic carbocycles. The lowest BCUT2D eigenvalue weighted by molar-refractivity contribution is -0.141. The van der Waals surface area contributed by atoms with E-state index in [0.29, 0.717) is 5.56 Å². The van der Waals surface area contributed by atoms with Crippen LogP contribution in [0.2, 0.25) is 0 Å². The summed E-state index contributed by atoms with van der Waals surface area (Å²) in [5.74, 6) is -2.45. The number of carboxylic acid groups (broad SMARTS) is 1. The summed E-state index contributed by atoms with van der Waals surface area (Å²) < 4.78 is 9.93. The second-order valence-electron chi connectivity index (χ2n) is 8.96. The van der Waals surface area contributed by atoms with Crippen molar-refractivity contribution in [3.8, 4) is 11.4 Å². The molecular formula is C27H34N6O8. The highest BCUT2D eigenvalue weighted by Crippen LogP contribution is 2.18. The number of piperazine rings is 1. The molecule has 220 valence electrons. The van der Waals surface area contributed by atoms with E-state index in [4.69, 9.17) is 9.47 Å². The van der Waals surface area contributed by atoms with E-state index in [1.54, 1.807) is 38.1 Å². The van der Waals surface area contributed by atoms with Gasteiger partial charge in [0, 0.05) is 44.2 Å². The number of benzene rings is 1. The molecule has 0 bridgehead atoms. The summed E-state index contributed by atoms with van der Waals surface area (Å²) >= 11 is 0. The van der Waals surface area contributed by atoms with Crippen molar-refractivity contribution >= 4 is 35.7 Å². The number of nitrogens with one attached hydrogen (secondary N) is 2. The minimum Gasteiger partial charge on any atom is -0.481 e. The monoisotopic (exact) mass is 570 g/mol. The number of nitrogens with zero attached hydrogens (tertiary/aromatic N) is 4. The van der Waals surface area contributed by atoms with Crippen LogP contribution in [-0.4, -0.2) is 107 Å². The molecule has 1 aromatic carbocycles. The Hall–Kier alpha value is -4.75. The molecule has 14 nitrogen and oxygen atoms in total. The Labute approximate surface area is 237 Å². The van der Waals surface area contributed by atoms with Crippen molar-refractivity contribution in [1.82, 2.24) is 25.1 Å². The molecule has 1 saturated heterocycles. The molecule has 1 fully saturated rings. The number of rotatable bonds is 12. The number of esters is 1. The molecule has 3 rings (SSSR count). The first-order valence-corrected chi connectivity index (χ1v) is 13.3. The molecule has 0 spiro atoms. The second-order valence-corrected chi connectivity index (χ2v) is 8.96. The quantitative estimate of drug-likeness (QED) is 0.314. The van der Waals surface area contributed by atoms with Gasteiger partial charge < -0.3 is 35.0 Å². The Morgan fingerprint density at radius 1 is 0.951 bits per heavy atom. The van der Waals surface area contributed by atoms with Crippen molar-refractivity contribution in [2.75, 3.05) is 51.3 Å². The molecule has 3 N–H and O–H groups in total. The van der Waals surface area contributed by atoms with E-state index in [1.807, 2.05) is 6.07 Å². The highest BCUT2D eigenvalue weighted by Gasteiger charge is 2.31. The van der Waals surface area contributed by atoms with E-state index in [-0.39, 0.29) is 76.1 Å². The maximum Gasteiger partial charge on any atom is 0.409 e. The molecule has 0 saturated carbocycles. The van der Waals surface area contributed by atoms with Crippen molar-refractivity contribution in [1.29, 1.82) is 0 Å². The van der Waals surface area contributed by atoms with E-state index >= 15 is 0 Å². The van der Waals surface area contributed by atoms with Crippen molar-refractivity contribution in [3.63, 3.8) is 0 Å². The Kier molecular flexibility index (Phi) is 11.4. The van der Waals surface area contributed by atoms with Crippen LogP contribution >= 0.6 is 0 Å². The number of aliphatic carboxylic acids is 1. The number of ether oxygens (including phenoxy) is 2. The first kappa shape index (κ1) is 30.8. The molecule has 14 heteroatoms. The molecular weight excluding hydrogens is 536 g/mol. The summed E-state index contributed by atoms with van der Waals surface area (Å²) in [6.07, 6.45) is -0.978. The van der Waals surface area contributed by atoms with Gasteiger partial charge in [0.05, 0.1) is 13.2 Å². The number of aromatic nitrogens is 2. The number of anilines is 1. The van der Waals surface area contributed by atoms with Gasteiger partial charge in [-0.25, -0.2) is 14.8 Å². The van der Waals surface area contributed by atoms with Crippen LogP contribution in [-0.2, 0) is 23.9 Å². The Balaban J connectivity index is 1.80. The SMILES string of the molecule is CCOC(=O)CNc1cc(C(=O)N[C@@H](CCC(=O)O)C(=O)N2CCN(C(=O)OCC)CC2)nc(-c2ccccc2)n1. The maximum atomic E-state index is 13.4. The lowest BCUT2D eigenvalue weighted by atomic mass is 10.1. The number of hydrogen-bond donors (Lipinski definition) is 3. The van der Waals surface area contributed by atoms with Gasteiger partial charge in [0.1, 0.15) is 24.1 Å². The third-order valence-corrected chi connectivity index (χ3v) is 6.08. The average Bonchev–Trinajstić information content (AvgIpc) is 2.98. The zero-order valence-electron chi connectivity index (χ0n) is 23.0. The Morgan fingerprint density at radius 2 is 1.61 bits per heavy atom. The van der Waals surface area contributed by atoms with Crippen LogP contribution in [0.3, 0.4) is 0 Å². The summed E-state index contributed by atoms with van der Waals surface area (Å²) in [5.41, 5.74) is 0.518. The van der Waals surface area contributed by atoms with E-state index in [0.717, 1.165) is 0 Å². The smallest absolute Gasteiger partial charge is 0.409 e. The van der Waals surface area contributed by atoms with Gasteiger partial charge in [-0.2, -0.15) is 0 Å². The van der Waals surface area contributed by atoms with E-state index in [1.165, 1.54) is 15.9 Å². The number of amides is 3. The van der Waals surface area contributed by atoms with Gasteiger partial charge in [0.25, 0.3) is 5.91 Å². The summed E-state index contributed by atoms with van der Waals surface area (Å²) in [6.45, 7) is 4.51. The molecule has 2 heterocycles. The fraction of sp³-hybridized carbons (Fsp3) is 0.444. The highest BCUT2D eigenvalue weighted by molar-refractivity contribution is 5.97. The van der Waals surface area contributed by atoms with Crippen LogP contribution in [0.25, 0.3) is 11.4 Å². The maximum absolute atomic E-state index is 13.4. The van der Waals surface area contributed by atoms with Crippen molar-refractivity contribution in [2.24, 2.45) is 0 Å². The second kappa shape index (κ2) is 15.1. The summed E-state index contributed by atoms with van der Waals surface area (Å²) in [7, 11) is 0. The first-order valence-electron chi connectivity index (χ1n) is 13.3. The molecule has 1 aromatic heterocycles. The largest absolute Gasteiger partial charge is 0.481 e. The molecule has 0 unspecified atom stereocenters. The fourth-order valence-electron chi connectivity index (χ4n) is 4.05. The molecule has 0 radical (unpaired) electrons. The van der Waals surface area contributed by atoms with Gasteiger partial charge >= 0.3 is 18.0 Å². The van der Waals surface area contributed by atoms with Crippen LogP contribution in [0, 0.1) is 0 Å². The minimum absolute atomic E-state index is 0.0922. The van der Waals surface area contributed by atoms with Gasteiger partial charge in [-0.1, -0.05) is 30.3 Å². The topological polar surface area (TPSA) is 180 Å².